The van der Waals surface area contributed by atoms with Gasteiger partial charge in [0.25, 0.3) is 5.97 Å². The zero-order chi connectivity index (χ0) is 13.5. The van der Waals surface area contributed by atoms with E-state index in [1.807, 2.05) is 20.8 Å². The van der Waals surface area contributed by atoms with E-state index in [9.17, 15) is 0 Å². The maximum Gasteiger partial charge on any atom is 0.280 e. The topological polar surface area (TPSA) is 27.7 Å². The molecule has 0 aromatic heterocycles. The van der Waals surface area contributed by atoms with E-state index >= 15 is 0 Å². The van der Waals surface area contributed by atoms with Crippen LogP contribution >= 0.6 is 0 Å². The highest BCUT2D eigenvalue weighted by atomic mass is 16.9. The van der Waals surface area contributed by atoms with Gasteiger partial charge in [-0.15, -0.1) is 0 Å². The van der Waals surface area contributed by atoms with Crippen LogP contribution in [0.4, 0.5) is 0 Å². The normalized spacial score (nSPS) is 11.3. The fraction of sp³-hybridized carbons (Fsp3) is 0.571. The molecular weight excluding hydrogens is 216 g/mol. The van der Waals surface area contributed by atoms with E-state index in [1.165, 1.54) is 0 Å². The van der Waals surface area contributed by atoms with Crippen molar-refractivity contribution in [1.29, 1.82) is 0 Å². The largest absolute Gasteiger partial charge is 0.323 e. The van der Waals surface area contributed by atoms with Crippen LogP contribution in [0.15, 0.2) is 36.5 Å². The third kappa shape index (κ3) is 8.86. The van der Waals surface area contributed by atoms with Gasteiger partial charge in [0.1, 0.15) is 0 Å². The van der Waals surface area contributed by atoms with Crippen LogP contribution in [0.25, 0.3) is 0 Å². The summed E-state index contributed by atoms with van der Waals surface area (Å²) in [5.41, 5.74) is 2.73. The Labute approximate surface area is 105 Å². The average molecular weight is 240 g/mol. The zero-order valence-corrected chi connectivity index (χ0v) is 11.5. The first-order valence-corrected chi connectivity index (χ1v) is 5.60. The SMILES string of the molecule is C=C(C)COC(C)(OCC(=C)C)OCC(=C)C. The predicted octanol–water partition coefficient (Wildman–Crippen LogP) is 3.44. The number of rotatable bonds is 9. The van der Waals surface area contributed by atoms with Crippen LogP contribution in [0.2, 0.25) is 0 Å². The molecule has 0 N–H and O–H groups in total. The minimum Gasteiger partial charge on any atom is -0.323 e. The fourth-order valence-electron chi connectivity index (χ4n) is 0.888. The first-order chi connectivity index (χ1) is 7.75. The van der Waals surface area contributed by atoms with Crippen LogP contribution in [-0.2, 0) is 14.2 Å². The molecule has 0 radical (unpaired) electrons. The van der Waals surface area contributed by atoms with E-state index in [0.717, 1.165) is 16.7 Å². The van der Waals surface area contributed by atoms with E-state index in [-0.39, 0.29) is 0 Å². The van der Waals surface area contributed by atoms with Gasteiger partial charge in [0.15, 0.2) is 0 Å². The second-order valence-corrected chi connectivity index (χ2v) is 4.60. The van der Waals surface area contributed by atoms with Crippen LogP contribution in [-0.4, -0.2) is 25.8 Å². The number of hydrogen-bond acceptors (Lipinski definition) is 3. The lowest BCUT2D eigenvalue weighted by Gasteiger charge is -2.30. The summed E-state index contributed by atoms with van der Waals surface area (Å²) in [5, 5.41) is 0. The highest BCUT2D eigenvalue weighted by Gasteiger charge is 2.27. The second kappa shape index (κ2) is 7.43. The molecule has 0 amide bonds. The first kappa shape index (κ1) is 16.1. The van der Waals surface area contributed by atoms with E-state index < -0.39 is 5.97 Å². The third-order valence-corrected chi connectivity index (χ3v) is 1.74. The number of ether oxygens (including phenoxy) is 3. The van der Waals surface area contributed by atoms with Crippen LogP contribution in [0.3, 0.4) is 0 Å². The minimum absolute atomic E-state index is 0.392. The molecule has 0 bridgehead atoms. The van der Waals surface area contributed by atoms with Gasteiger partial charge in [0.2, 0.25) is 0 Å². The molecule has 0 fully saturated rings. The molecule has 0 aliphatic heterocycles. The summed E-state index contributed by atoms with van der Waals surface area (Å²) >= 11 is 0. The molecule has 0 atom stereocenters. The maximum absolute atomic E-state index is 5.57. The van der Waals surface area contributed by atoms with E-state index in [0.29, 0.717) is 19.8 Å². The van der Waals surface area contributed by atoms with Crippen molar-refractivity contribution in [2.75, 3.05) is 19.8 Å². The van der Waals surface area contributed by atoms with Crippen molar-refractivity contribution >= 4 is 0 Å². The van der Waals surface area contributed by atoms with Crippen LogP contribution in [0, 0.1) is 0 Å². The van der Waals surface area contributed by atoms with Crippen LogP contribution < -0.4 is 0 Å². The lowest BCUT2D eigenvalue weighted by atomic mass is 10.3. The Hall–Kier alpha value is -0.900. The molecule has 0 unspecified atom stereocenters. The Kier molecular flexibility index (Phi) is 7.04. The van der Waals surface area contributed by atoms with Crippen molar-refractivity contribution in [3.05, 3.63) is 36.5 Å². The molecular formula is C14H24O3. The van der Waals surface area contributed by atoms with Crippen molar-refractivity contribution < 1.29 is 14.2 Å². The van der Waals surface area contributed by atoms with Gasteiger partial charge in [0.05, 0.1) is 19.8 Å². The van der Waals surface area contributed by atoms with Gasteiger partial charge >= 0.3 is 0 Å². The molecule has 0 spiro atoms. The predicted molar refractivity (Wildman–Crippen MR) is 70.7 cm³/mol. The van der Waals surface area contributed by atoms with Crippen LogP contribution in [0.1, 0.15) is 27.7 Å². The molecule has 0 saturated carbocycles. The molecule has 3 heteroatoms. The van der Waals surface area contributed by atoms with E-state index in [1.54, 1.807) is 6.92 Å². The summed E-state index contributed by atoms with van der Waals surface area (Å²) in [7, 11) is 0. The lowest BCUT2D eigenvalue weighted by Crippen LogP contribution is -2.37. The molecule has 0 aliphatic carbocycles. The van der Waals surface area contributed by atoms with Crippen molar-refractivity contribution in [1.82, 2.24) is 0 Å². The van der Waals surface area contributed by atoms with Gasteiger partial charge in [0, 0.05) is 6.92 Å². The Morgan fingerprint density at radius 1 is 0.765 bits per heavy atom. The average Bonchev–Trinajstić information content (AvgIpc) is 2.21. The molecule has 0 aromatic rings. The summed E-state index contributed by atoms with van der Waals surface area (Å²) < 4.78 is 16.7. The Morgan fingerprint density at radius 2 is 1.00 bits per heavy atom. The Morgan fingerprint density at radius 3 is 1.18 bits per heavy atom. The summed E-state index contributed by atoms with van der Waals surface area (Å²) in [4.78, 5) is 0. The van der Waals surface area contributed by atoms with Gasteiger partial charge in [-0.1, -0.05) is 36.5 Å². The summed E-state index contributed by atoms with van der Waals surface area (Å²) in [5.74, 6) is -1.09. The molecule has 0 aliphatic rings. The first-order valence-electron chi connectivity index (χ1n) is 5.60. The van der Waals surface area contributed by atoms with Crippen molar-refractivity contribution in [3.63, 3.8) is 0 Å². The second-order valence-electron chi connectivity index (χ2n) is 4.60. The quantitative estimate of drug-likeness (QED) is 0.456. The van der Waals surface area contributed by atoms with E-state index in [4.69, 9.17) is 14.2 Å². The lowest BCUT2D eigenvalue weighted by molar-refractivity contribution is -0.361. The summed E-state index contributed by atoms with van der Waals surface area (Å²) in [6.45, 7) is 19.9. The molecule has 0 aromatic carbocycles. The molecule has 0 saturated heterocycles. The molecule has 17 heavy (non-hydrogen) atoms. The third-order valence-electron chi connectivity index (χ3n) is 1.74. The minimum atomic E-state index is -1.09. The molecule has 98 valence electrons. The Balaban J connectivity index is 4.37. The highest BCUT2D eigenvalue weighted by molar-refractivity contribution is 4.91. The smallest absolute Gasteiger partial charge is 0.280 e. The molecule has 0 heterocycles. The van der Waals surface area contributed by atoms with Gasteiger partial charge in [-0.2, -0.15) is 0 Å². The van der Waals surface area contributed by atoms with Crippen molar-refractivity contribution in [2.24, 2.45) is 0 Å². The molecule has 0 rings (SSSR count). The zero-order valence-electron chi connectivity index (χ0n) is 11.5. The Bertz CT molecular complexity index is 246. The standard InChI is InChI=1S/C14H24O3/c1-11(2)8-15-14(7,16-9-12(3)4)17-10-13(5)6/h1,3,5,8-10H2,2,4,6-7H3. The van der Waals surface area contributed by atoms with Crippen molar-refractivity contribution in [2.45, 2.75) is 33.7 Å². The van der Waals surface area contributed by atoms with Crippen molar-refractivity contribution in [3.8, 4) is 0 Å². The van der Waals surface area contributed by atoms with Gasteiger partial charge in [-0.05, 0) is 20.8 Å². The van der Waals surface area contributed by atoms with Gasteiger partial charge in [-0.3, -0.25) is 0 Å². The molecule has 3 nitrogen and oxygen atoms in total. The maximum atomic E-state index is 5.57. The number of hydrogen-bond donors (Lipinski definition) is 0. The monoisotopic (exact) mass is 240 g/mol. The summed E-state index contributed by atoms with van der Waals surface area (Å²) in [6, 6.07) is 0. The highest BCUT2D eigenvalue weighted by Crippen LogP contribution is 2.17. The fourth-order valence-corrected chi connectivity index (χ4v) is 0.888. The van der Waals surface area contributed by atoms with Gasteiger partial charge in [-0.25, -0.2) is 0 Å². The van der Waals surface area contributed by atoms with Gasteiger partial charge < -0.3 is 14.2 Å². The van der Waals surface area contributed by atoms with Crippen LogP contribution in [0.5, 0.6) is 0 Å². The summed E-state index contributed by atoms with van der Waals surface area (Å²) in [6.07, 6.45) is 0. The van der Waals surface area contributed by atoms with E-state index in [2.05, 4.69) is 19.7 Å².